The fourth-order valence-corrected chi connectivity index (χ4v) is 3.00. The van der Waals surface area contributed by atoms with Gasteiger partial charge in [-0.3, -0.25) is 0 Å². The minimum atomic E-state index is -0.334. The van der Waals surface area contributed by atoms with Crippen molar-refractivity contribution in [1.82, 2.24) is 10.2 Å². The molecule has 1 unspecified atom stereocenters. The summed E-state index contributed by atoms with van der Waals surface area (Å²) in [6.45, 7) is 7.30. The molecule has 2 heterocycles. The molecule has 4 heteroatoms. The van der Waals surface area contributed by atoms with Crippen molar-refractivity contribution in [3.63, 3.8) is 0 Å². The number of benzene rings is 1. The van der Waals surface area contributed by atoms with Crippen LogP contribution >= 0.6 is 0 Å². The van der Waals surface area contributed by atoms with Crippen LogP contribution in [0.5, 0.6) is 0 Å². The van der Waals surface area contributed by atoms with Gasteiger partial charge in [-0.2, -0.15) is 0 Å². The number of rotatable bonds is 5. The number of hydrogen-bond acceptors (Lipinski definition) is 4. The van der Waals surface area contributed by atoms with Gasteiger partial charge >= 0.3 is 0 Å². The van der Waals surface area contributed by atoms with E-state index in [1.807, 2.05) is 18.2 Å². The number of aliphatic hydroxyl groups excluding tert-OH is 1. The number of nitrogens with one attached hydrogen (secondary N) is 1. The third-order valence-electron chi connectivity index (χ3n) is 4.35. The van der Waals surface area contributed by atoms with E-state index < -0.39 is 0 Å². The lowest BCUT2D eigenvalue weighted by Gasteiger charge is -2.27. The minimum absolute atomic E-state index is 0.334. The fourth-order valence-electron chi connectivity index (χ4n) is 3.00. The maximum Gasteiger partial charge on any atom is 0.134 e. The van der Waals surface area contributed by atoms with Gasteiger partial charge < -0.3 is 19.7 Å². The van der Waals surface area contributed by atoms with Crippen LogP contribution in [0.15, 0.2) is 28.7 Å². The average Bonchev–Trinajstić information content (AvgIpc) is 2.83. The van der Waals surface area contributed by atoms with Crippen molar-refractivity contribution in [1.29, 1.82) is 0 Å². The first-order chi connectivity index (χ1) is 10.2. The van der Waals surface area contributed by atoms with Gasteiger partial charge in [-0.05, 0) is 25.0 Å². The van der Waals surface area contributed by atoms with Crippen LogP contribution in [0.3, 0.4) is 0 Å². The SMILES string of the molecule is Cc1c(CC(O)CCN2CCNCC2)oc2ccccc12. The molecule has 1 aromatic carbocycles. The summed E-state index contributed by atoms with van der Waals surface area (Å²) in [5, 5.41) is 14.8. The Bertz CT molecular complexity index is 587. The smallest absolute Gasteiger partial charge is 0.134 e. The Morgan fingerprint density at radius 1 is 1.29 bits per heavy atom. The predicted octanol–water partition coefficient (Wildman–Crippen LogP) is 1.94. The van der Waals surface area contributed by atoms with Crippen LogP contribution in [0, 0.1) is 6.92 Å². The molecule has 2 N–H and O–H groups in total. The summed E-state index contributed by atoms with van der Waals surface area (Å²) < 4.78 is 5.88. The maximum absolute atomic E-state index is 10.3. The molecule has 0 radical (unpaired) electrons. The van der Waals surface area contributed by atoms with Crippen molar-refractivity contribution >= 4 is 11.0 Å². The molecule has 0 saturated carbocycles. The van der Waals surface area contributed by atoms with Gasteiger partial charge in [0, 0.05) is 44.5 Å². The highest BCUT2D eigenvalue weighted by Gasteiger charge is 2.16. The van der Waals surface area contributed by atoms with E-state index in [0.29, 0.717) is 6.42 Å². The quantitative estimate of drug-likeness (QED) is 0.883. The van der Waals surface area contributed by atoms with E-state index in [-0.39, 0.29) is 6.10 Å². The summed E-state index contributed by atoms with van der Waals surface area (Å²) in [4.78, 5) is 2.41. The lowest BCUT2D eigenvalue weighted by Crippen LogP contribution is -2.44. The first-order valence-electron chi connectivity index (χ1n) is 7.82. The highest BCUT2D eigenvalue weighted by atomic mass is 16.3. The molecule has 4 nitrogen and oxygen atoms in total. The summed E-state index contributed by atoms with van der Waals surface area (Å²) >= 11 is 0. The molecule has 1 atom stereocenters. The number of aliphatic hydroxyl groups is 1. The van der Waals surface area contributed by atoms with Crippen molar-refractivity contribution in [2.45, 2.75) is 25.9 Å². The second kappa shape index (κ2) is 6.60. The van der Waals surface area contributed by atoms with Crippen LogP contribution in [-0.2, 0) is 6.42 Å². The number of hydrogen-bond donors (Lipinski definition) is 2. The van der Waals surface area contributed by atoms with E-state index in [9.17, 15) is 5.11 Å². The van der Waals surface area contributed by atoms with Crippen LogP contribution in [0.4, 0.5) is 0 Å². The Morgan fingerprint density at radius 3 is 2.81 bits per heavy atom. The maximum atomic E-state index is 10.3. The van der Waals surface area contributed by atoms with E-state index in [1.165, 1.54) is 0 Å². The van der Waals surface area contributed by atoms with E-state index >= 15 is 0 Å². The van der Waals surface area contributed by atoms with E-state index in [4.69, 9.17) is 4.42 Å². The Kier molecular flexibility index (Phi) is 4.58. The van der Waals surface area contributed by atoms with Gasteiger partial charge in [-0.25, -0.2) is 0 Å². The zero-order chi connectivity index (χ0) is 14.7. The molecule has 1 fully saturated rings. The number of aryl methyl sites for hydroxylation is 1. The summed E-state index contributed by atoms with van der Waals surface area (Å²) in [5.41, 5.74) is 2.08. The van der Waals surface area contributed by atoms with E-state index in [2.05, 4.69) is 23.2 Å². The molecule has 1 aromatic heterocycles. The van der Waals surface area contributed by atoms with Crippen LogP contribution < -0.4 is 5.32 Å². The molecule has 114 valence electrons. The molecule has 3 rings (SSSR count). The molecule has 0 bridgehead atoms. The largest absolute Gasteiger partial charge is 0.461 e. The third-order valence-corrected chi connectivity index (χ3v) is 4.35. The van der Waals surface area contributed by atoms with Crippen molar-refractivity contribution in [3.05, 3.63) is 35.6 Å². The average molecular weight is 288 g/mol. The van der Waals surface area contributed by atoms with E-state index in [0.717, 1.165) is 61.4 Å². The van der Waals surface area contributed by atoms with Crippen LogP contribution in [-0.4, -0.2) is 48.8 Å². The van der Waals surface area contributed by atoms with Crippen molar-refractivity contribution in [2.75, 3.05) is 32.7 Å². The van der Waals surface area contributed by atoms with Crippen molar-refractivity contribution in [3.8, 4) is 0 Å². The van der Waals surface area contributed by atoms with Gasteiger partial charge in [-0.1, -0.05) is 18.2 Å². The molecule has 1 aliphatic rings. The molecule has 1 saturated heterocycles. The van der Waals surface area contributed by atoms with Gasteiger partial charge in [0.2, 0.25) is 0 Å². The highest BCUT2D eigenvalue weighted by Crippen LogP contribution is 2.26. The van der Waals surface area contributed by atoms with Crippen LogP contribution in [0.1, 0.15) is 17.7 Å². The number of furan rings is 1. The molecule has 0 amide bonds. The second-order valence-electron chi connectivity index (χ2n) is 5.88. The van der Waals surface area contributed by atoms with Gasteiger partial charge in [0.1, 0.15) is 11.3 Å². The number of piperazine rings is 1. The van der Waals surface area contributed by atoms with E-state index in [1.54, 1.807) is 0 Å². The third kappa shape index (κ3) is 3.46. The predicted molar refractivity (Wildman–Crippen MR) is 84.6 cm³/mol. The summed E-state index contributed by atoms with van der Waals surface area (Å²) in [6, 6.07) is 8.06. The Hall–Kier alpha value is -1.36. The Labute approximate surface area is 125 Å². The molecule has 0 spiro atoms. The summed E-state index contributed by atoms with van der Waals surface area (Å²) in [7, 11) is 0. The van der Waals surface area contributed by atoms with Crippen molar-refractivity contribution in [2.24, 2.45) is 0 Å². The second-order valence-corrected chi connectivity index (χ2v) is 5.88. The highest BCUT2D eigenvalue weighted by molar-refractivity contribution is 5.81. The Balaban J connectivity index is 1.58. The number of fused-ring (bicyclic) bond motifs is 1. The summed E-state index contributed by atoms with van der Waals surface area (Å²) in [5.74, 6) is 0.920. The molecular weight excluding hydrogens is 264 g/mol. The summed E-state index contributed by atoms with van der Waals surface area (Å²) in [6.07, 6.45) is 1.07. The van der Waals surface area contributed by atoms with Crippen molar-refractivity contribution < 1.29 is 9.52 Å². The molecule has 0 aliphatic carbocycles. The van der Waals surface area contributed by atoms with Crippen LogP contribution in [0.2, 0.25) is 0 Å². The molecule has 21 heavy (non-hydrogen) atoms. The monoisotopic (exact) mass is 288 g/mol. The first-order valence-corrected chi connectivity index (χ1v) is 7.82. The first kappa shape index (κ1) is 14.6. The van der Waals surface area contributed by atoms with Gasteiger partial charge in [0.05, 0.1) is 6.10 Å². The Morgan fingerprint density at radius 2 is 2.05 bits per heavy atom. The lowest BCUT2D eigenvalue weighted by molar-refractivity contribution is 0.131. The minimum Gasteiger partial charge on any atom is -0.461 e. The topological polar surface area (TPSA) is 48.6 Å². The van der Waals surface area contributed by atoms with Gasteiger partial charge in [0.15, 0.2) is 0 Å². The van der Waals surface area contributed by atoms with Crippen LogP contribution in [0.25, 0.3) is 11.0 Å². The van der Waals surface area contributed by atoms with Gasteiger partial charge in [0.25, 0.3) is 0 Å². The standard InChI is InChI=1S/C17H24N2O2/c1-13-15-4-2-3-5-16(15)21-17(13)12-14(20)6-9-19-10-7-18-8-11-19/h2-5,14,18,20H,6-12H2,1H3. The number of nitrogens with zero attached hydrogens (tertiary/aromatic N) is 1. The molecular formula is C17H24N2O2. The zero-order valence-corrected chi connectivity index (χ0v) is 12.6. The fraction of sp³-hybridized carbons (Fsp3) is 0.529. The molecule has 2 aromatic rings. The van der Waals surface area contributed by atoms with Gasteiger partial charge in [-0.15, -0.1) is 0 Å². The lowest BCUT2D eigenvalue weighted by atomic mass is 10.1. The molecule has 1 aliphatic heterocycles. The number of para-hydroxylation sites is 1. The zero-order valence-electron chi connectivity index (χ0n) is 12.6. The normalized spacial score (nSPS) is 18.2.